The van der Waals surface area contributed by atoms with Gasteiger partial charge in [-0.05, 0) is 42.5 Å². The summed E-state index contributed by atoms with van der Waals surface area (Å²) in [6.07, 6.45) is 2.45. The number of anilines is 1. The van der Waals surface area contributed by atoms with E-state index in [2.05, 4.69) is 55.8 Å². The van der Waals surface area contributed by atoms with E-state index in [0.717, 1.165) is 13.1 Å². The van der Waals surface area contributed by atoms with Crippen LogP contribution in [-0.4, -0.2) is 38.1 Å². The van der Waals surface area contributed by atoms with Crippen LogP contribution in [0.3, 0.4) is 0 Å². The summed E-state index contributed by atoms with van der Waals surface area (Å²) in [5.74, 6) is 0.669. The zero-order valence-corrected chi connectivity index (χ0v) is 14.1. The van der Waals surface area contributed by atoms with Crippen LogP contribution in [0.4, 0.5) is 5.69 Å². The van der Waals surface area contributed by atoms with Crippen LogP contribution in [0.1, 0.15) is 44.4 Å². The van der Waals surface area contributed by atoms with Gasteiger partial charge in [0.2, 0.25) is 0 Å². The van der Waals surface area contributed by atoms with Gasteiger partial charge in [0.05, 0.1) is 0 Å². The molecule has 0 fully saturated rings. The molecule has 1 aliphatic heterocycles. The lowest BCUT2D eigenvalue weighted by molar-refractivity contribution is 0.189. The number of likely N-dealkylation sites (N-methyl/N-ethyl adjacent to an activating group) is 1. The highest BCUT2D eigenvalue weighted by Crippen LogP contribution is 2.30. The Balaban J connectivity index is 2.25. The molecule has 3 nitrogen and oxygen atoms in total. The summed E-state index contributed by atoms with van der Waals surface area (Å²) in [5.41, 5.74) is 10.4. The van der Waals surface area contributed by atoms with Gasteiger partial charge in [0.15, 0.2) is 0 Å². The van der Waals surface area contributed by atoms with E-state index < -0.39 is 0 Å². The molecule has 3 heteroatoms. The summed E-state index contributed by atoms with van der Waals surface area (Å²) in [7, 11) is 2.19. The second kappa shape index (κ2) is 7.28. The first kappa shape index (κ1) is 16.3. The average Bonchev–Trinajstić information content (AvgIpc) is 2.46. The Labute approximate surface area is 130 Å². The molecular weight excluding hydrogens is 258 g/mol. The number of rotatable bonds is 6. The zero-order valence-electron chi connectivity index (χ0n) is 14.1. The van der Waals surface area contributed by atoms with Gasteiger partial charge in [0.25, 0.3) is 0 Å². The van der Waals surface area contributed by atoms with E-state index in [9.17, 15) is 0 Å². The first-order valence-corrected chi connectivity index (χ1v) is 8.34. The Hall–Kier alpha value is -1.06. The predicted octanol–water partition coefficient (Wildman–Crippen LogP) is 3.05. The molecule has 2 rings (SSSR count). The van der Waals surface area contributed by atoms with Gasteiger partial charge in [-0.3, -0.25) is 4.90 Å². The molecular formula is C18H31N3. The summed E-state index contributed by atoms with van der Waals surface area (Å²) in [5, 5.41) is 0. The van der Waals surface area contributed by atoms with Crippen LogP contribution in [0.15, 0.2) is 18.2 Å². The molecule has 118 valence electrons. The van der Waals surface area contributed by atoms with Crippen molar-refractivity contribution in [3.05, 3.63) is 29.3 Å². The minimum Gasteiger partial charge on any atom is -0.374 e. The molecule has 1 aromatic rings. The van der Waals surface area contributed by atoms with Gasteiger partial charge in [-0.15, -0.1) is 0 Å². The van der Waals surface area contributed by atoms with Crippen molar-refractivity contribution in [1.82, 2.24) is 4.90 Å². The molecule has 0 amide bonds. The van der Waals surface area contributed by atoms with Crippen LogP contribution in [0.2, 0.25) is 0 Å². The highest BCUT2D eigenvalue weighted by atomic mass is 15.2. The summed E-state index contributed by atoms with van der Waals surface area (Å²) in [6, 6.07) is 7.30. The Bertz CT molecular complexity index is 456. The average molecular weight is 289 g/mol. The molecule has 0 aromatic heterocycles. The smallest absolute Gasteiger partial charge is 0.0470 e. The van der Waals surface area contributed by atoms with Crippen molar-refractivity contribution in [2.75, 3.05) is 38.1 Å². The maximum atomic E-state index is 6.11. The fraction of sp³-hybridized carbons (Fsp3) is 0.667. The minimum atomic E-state index is 0.343. The second-order valence-electron chi connectivity index (χ2n) is 6.65. The molecule has 0 radical (unpaired) electrons. The van der Waals surface area contributed by atoms with Crippen molar-refractivity contribution in [3.63, 3.8) is 0 Å². The van der Waals surface area contributed by atoms with Crippen molar-refractivity contribution >= 4 is 5.69 Å². The summed E-state index contributed by atoms with van der Waals surface area (Å²) in [4.78, 5) is 4.88. The Morgan fingerprint density at radius 3 is 2.71 bits per heavy atom. The van der Waals surface area contributed by atoms with Crippen LogP contribution in [-0.2, 0) is 6.42 Å². The van der Waals surface area contributed by atoms with Crippen molar-refractivity contribution in [2.24, 2.45) is 11.7 Å². The van der Waals surface area contributed by atoms with Gasteiger partial charge in [0, 0.05) is 38.4 Å². The Morgan fingerprint density at radius 1 is 1.33 bits per heavy atom. The highest BCUT2D eigenvalue weighted by Gasteiger charge is 2.21. The number of hydrogen-bond donors (Lipinski definition) is 1. The third-order valence-corrected chi connectivity index (χ3v) is 4.51. The molecule has 1 atom stereocenters. The van der Waals surface area contributed by atoms with E-state index in [0.29, 0.717) is 18.5 Å². The topological polar surface area (TPSA) is 32.5 Å². The summed E-state index contributed by atoms with van der Waals surface area (Å²) in [6.45, 7) is 10.8. The highest BCUT2D eigenvalue weighted by molar-refractivity contribution is 5.56. The number of nitrogens with zero attached hydrogens (tertiary/aromatic N) is 2. The first-order chi connectivity index (χ1) is 10.1. The Morgan fingerprint density at radius 2 is 2.10 bits per heavy atom. The van der Waals surface area contributed by atoms with Crippen molar-refractivity contribution in [3.8, 4) is 0 Å². The molecule has 0 saturated heterocycles. The molecule has 1 heterocycles. The molecule has 0 aliphatic carbocycles. The SMILES string of the molecule is CCN(CC(C)C)C(CN)c1ccc2c(c1)CCCN2C. The van der Waals surface area contributed by atoms with Crippen LogP contribution in [0, 0.1) is 5.92 Å². The quantitative estimate of drug-likeness (QED) is 0.873. The predicted molar refractivity (Wildman–Crippen MR) is 91.9 cm³/mol. The number of aryl methyl sites for hydroxylation is 1. The summed E-state index contributed by atoms with van der Waals surface area (Å²) < 4.78 is 0. The van der Waals surface area contributed by atoms with Crippen molar-refractivity contribution < 1.29 is 0 Å². The maximum absolute atomic E-state index is 6.11. The number of hydrogen-bond acceptors (Lipinski definition) is 3. The van der Waals surface area contributed by atoms with Gasteiger partial charge < -0.3 is 10.6 Å². The van der Waals surface area contributed by atoms with Gasteiger partial charge in [-0.25, -0.2) is 0 Å². The van der Waals surface area contributed by atoms with Crippen LogP contribution < -0.4 is 10.6 Å². The number of benzene rings is 1. The van der Waals surface area contributed by atoms with E-state index in [1.807, 2.05) is 0 Å². The lowest BCUT2D eigenvalue weighted by atomic mass is 9.95. The lowest BCUT2D eigenvalue weighted by Gasteiger charge is -2.33. The number of fused-ring (bicyclic) bond motifs is 1. The maximum Gasteiger partial charge on any atom is 0.0470 e. The monoisotopic (exact) mass is 289 g/mol. The summed E-state index contributed by atoms with van der Waals surface area (Å²) >= 11 is 0. The molecule has 0 saturated carbocycles. The fourth-order valence-corrected chi connectivity index (χ4v) is 3.45. The molecule has 1 aromatic carbocycles. The molecule has 1 aliphatic rings. The van der Waals surface area contributed by atoms with Gasteiger partial charge in [-0.2, -0.15) is 0 Å². The van der Waals surface area contributed by atoms with Gasteiger partial charge >= 0.3 is 0 Å². The minimum absolute atomic E-state index is 0.343. The van der Waals surface area contributed by atoms with Gasteiger partial charge in [0.1, 0.15) is 0 Å². The molecule has 0 bridgehead atoms. The zero-order chi connectivity index (χ0) is 15.4. The van der Waals surface area contributed by atoms with Crippen LogP contribution in [0.5, 0.6) is 0 Å². The second-order valence-corrected chi connectivity index (χ2v) is 6.65. The molecule has 21 heavy (non-hydrogen) atoms. The first-order valence-electron chi connectivity index (χ1n) is 8.34. The molecule has 0 spiro atoms. The van der Waals surface area contributed by atoms with Crippen molar-refractivity contribution in [1.29, 1.82) is 0 Å². The van der Waals surface area contributed by atoms with E-state index in [1.54, 1.807) is 0 Å². The lowest BCUT2D eigenvalue weighted by Crippen LogP contribution is -2.36. The van der Waals surface area contributed by atoms with Gasteiger partial charge in [-0.1, -0.05) is 32.9 Å². The molecule has 2 N–H and O–H groups in total. The van der Waals surface area contributed by atoms with Crippen LogP contribution >= 0.6 is 0 Å². The molecule has 1 unspecified atom stereocenters. The van der Waals surface area contributed by atoms with E-state index in [4.69, 9.17) is 5.73 Å². The fourth-order valence-electron chi connectivity index (χ4n) is 3.45. The Kier molecular flexibility index (Phi) is 5.65. The van der Waals surface area contributed by atoms with E-state index >= 15 is 0 Å². The number of nitrogens with two attached hydrogens (primary N) is 1. The normalized spacial score (nSPS) is 16.4. The van der Waals surface area contributed by atoms with E-state index in [1.165, 1.54) is 36.2 Å². The standard InChI is InChI=1S/C18H31N3/c1-5-21(13-14(2)3)18(12-19)16-8-9-17-15(11-16)7-6-10-20(17)4/h8-9,11,14,18H,5-7,10,12-13,19H2,1-4H3. The van der Waals surface area contributed by atoms with E-state index in [-0.39, 0.29) is 0 Å². The van der Waals surface area contributed by atoms with Crippen molar-refractivity contribution in [2.45, 2.75) is 39.7 Å². The van der Waals surface area contributed by atoms with Crippen LogP contribution in [0.25, 0.3) is 0 Å². The largest absolute Gasteiger partial charge is 0.374 e. The third-order valence-electron chi connectivity index (χ3n) is 4.51. The third kappa shape index (κ3) is 3.78.